The molecular weight excluding hydrogens is 150 g/mol. The molecule has 0 radical (unpaired) electrons. The molecule has 0 N–H and O–H groups in total. The normalized spacial score (nSPS) is 11.0. The molecule has 0 rings (SSSR count). The Bertz CT molecular complexity index is 85.9. The van der Waals surface area contributed by atoms with Crippen LogP contribution >= 0.6 is 0 Å². The van der Waals surface area contributed by atoms with Gasteiger partial charge in [-0.05, 0) is 19.4 Å². The third-order valence-corrected chi connectivity index (χ3v) is 1.90. The van der Waals surface area contributed by atoms with E-state index in [0.717, 1.165) is 26.4 Å². The van der Waals surface area contributed by atoms with Gasteiger partial charge in [0.05, 0.1) is 6.73 Å². The second-order valence-corrected chi connectivity index (χ2v) is 3.10. The number of ether oxygens (including phenoxy) is 1. The van der Waals surface area contributed by atoms with E-state index < -0.39 is 0 Å². The van der Waals surface area contributed by atoms with Crippen molar-refractivity contribution in [3.8, 4) is 0 Å². The Kier molecular flexibility index (Phi) is 8.95. The van der Waals surface area contributed by atoms with Gasteiger partial charge in [0.25, 0.3) is 0 Å². The summed E-state index contributed by atoms with van der Waals surface area (Å²) in [5.74, 6) is 0. The van der Waals surface area contributed by atoms with Crippen LogP contribution in [0.15, 0.2) is 0 Å². The quantitative estimate of drug-likeness (QED) is 0.413. The van der Waals surface area contributed by atoms with E-state index in [9.17, 15) is 0 Å². The fourth-order valence-corrected chi connectivity index (χ4v) is 1.07. The molecule has 0 fully saturated rings. The maximum atomic E-state index is 5.51. The number of hydrogen-bond acceptors (Lipinski definition) is 2. The van der Waals surface area contributed by atoms with Gasteiger partial charge in [-0.25, -0.2) is 0 Å². The van der Waals surface area contributed by atoms with Gasteiger partial charge in [-0.2, -0.15) is 0 Å². The highest BCUT2D eigenvalue weighted by Crippen LogP contribution is 1.93. The molecule has 0 aromatic rings. The van der Waals surface area contributed by atoms with E-state index in [0.29, 0.717) is 0 Å². The fourth-order valence-electron chi connectivity index (χ4n) is 1.07. The lowest BCUT2D eigenvalue weighted by atomic mass is 10.4. The lowest BCUT2D eigenvalue weighted by Crippen LogP contribution is -2.27. The Morgan fingerprint density at radius 3 is 2.33 bits per heavy atom. The van der Waals surface area contributed by atoms with E-state index in [-0.39, 0.29) is 0 Å². The molecule has 0 aliphatic heterocycles. The lowest BCUT2D eigenvalue weighted by molar-refractivity contribution is 0.0301. The van der Waals surface area contributed by atoms with E-state index in [2.05, 4.69) is 25.7 Å². The molecule has 0 bridgehead atoms. The third-order valence-electron chi connectivity index (χ3n) is 1.90. The minimum Gasteiger partial charge on any atom is -0.366 e. The van der Waals surface area contributed by atoms with Crippen molar-refractivity contribution < 1.29 is 4.74 Å². The molecule has 0 atom stereocenters. The smallest absolute Gasteiger partial charge is 0.0990 e. The van der Waals surface area contributed by atoms with E-state index in [1.807, 2.05) is 0 Å². The molecule has 0 saturated heterocycles. The van der Waals surface area contributed by atoms with Crippen molar-refractivity contribution in [2.75, 3.05) is 26.4 Å². The number of unbranched alkanes of at least 4 members (excludes halogenated alkanes) is 1. The predicted molar refractivity (Wildman–Crippen MR) is 53.3 cm³/mol. The zero-order chi connectivity index (χ0) is 9.23. The average Bonchev–Trinajstić information content (AvgIpc) is 2.10. The van der Waals surface area contributed by atoms with Gasteiger partial charge < -0.3 is 4.74 Å². The molecule has 0 heterocycles. The van der Waals surface area contributed by atoms with E-state index >= 15 is 0 Å². The minimum absolute atomic E-state index is 0.810. The van der Waals surface area contributed by atoms with Gasteiger partial charge in [0.15, 0.2) is 0 Å². The summed E-state index contributed by atoms with van der Waals surface area (Å²) in [5.41, 5.74) is 0. The summed E-state index contributed by atoms with van der Waals surface area (Å²) in [6.45, 7) is 10.5. The summed E-state index contributed by atoms with van der Waals surface area (Å²) in [7, 11) is 0. The first kappa shape index (κ1) is 11.9. The Labute approximate surface area is 76.9 Å². The van der Waals surface area contributed by atoms with Gasteiger partial charge in [0.1, 0.15) is 0 Å². The van der Waals surface area contributed by atoms with Crippen molar-refractivity contribution in [1.82, 2.24) is 4.90 Å². The maximum absolute atomic E-state index is 5.51. The Morgan fingerprint density at radius 2 is 1.83 bits per heavy atom. The number of hydrogen-bond donors (Lipinski definition) is 0. The first-order valence-corrected chi connectivity index (χ1v) is 5.15. The van der Waals surface area contributed by atoms with Crippen molar-refractivity contribution in [1.29, 1.82) is 0 Å². The molecule has 0 aromatic carbocycles. The van der Waals surface area contributed by atoms with Gasteiger partial charge in [-0.1, -0.05) is 27.2 Å². The summed E-state index contributed by atoms with van der Waals surface area (Å²) in [6, 6.07) is 0. The zero-order valence-corrected chi connectivity index (χ0v) is 8.81. The van der Waals surface area contributed by atoms with Crippen molar-refractivity contribution in [2.45, 2.75) is 40.0 Å². The lowest BCUT2D eigenvalue weighted by Gasteiger charge is -2.18. The Balaban J connectivity index is 3.19. The van der Waals surface area contributed by atoms with Crippen LogP contribution in [0.2, 0.25) is 0 Å². The maximum Gasteiger partial charge on any atom is 0.0990 e. The van der Waals surface area contributed by atoms with Crippen LogP contribution in [0, 0.1) is 0 Å². The van der Waals surface area contributed by atoms with Gasteiger partial charge in [-0.3, -0.25) is 4.90 Å². The zero-order valence-electron chi connectivity index (χ0n) is 8.81. The van der Waals surface area contributed by atoms with Crippen LogP contribution in [0.25, 0.3) is 0 Å². The van der Waals surface area contributed by atoms with Crippen molar-refractivity contribution in [2.24, 2.45) is 0 Å². The Hall–Kier alpha value is -0.0800. The van der Waals surface area contributed by atoms with Gasteiger partial charge in [0.2, 0.25) is 0 Å². The molecule has 0 amide bonds. The SMILES string of the molecule is CCCCOCN(CC)CCC. The molecule has 2 heteroatoms. The van der Waals surface area contributed by atoms with Crippen molar-refractivity contribution >= 4 is 0 Å². The second kappa shape index (κ2) is 9.01. The van der Waals surface area contributed by atoms with Crippen LogP contribution in [-0.4, -0.2) is 31.3 Å². The minimum atomic E-state index is 0.810. The van der Waals surface area contributed by atoms with Crippen LogP contribution in [0.4, 0.5) is 0 Å². The van der Waals surface area contributed by atoms with Crippen LogP contribution in [0.3, 0.4) is 0 Å². The van der Waals surface area contributed by atoms with E-state index in [1.54, 1.807) is 0 Å². The number of nitrogens with zero attached hydrogens (tertiary/aromatic N) is 1. The van der Waals surface area contributed by atoms with Gasteiger partial charge in [-0.15, -0.1) is 0 Å². The van der Waals surface area contributed by atoms with Crippen LogP contribution in [-0.2, 0) is 4.74 Å². The molecular formula is C10H23NO. The third kappa shape index (κ3) is 6.62. The van der Waals surface area contributed by atoms with Crippen LogP contribution < -0.4 is 0 Å². The van der Waals surface area contributed by atoms with Gasteiger partial charge >= 0.3 is 0 Å². The fraction of sp³-hybridized carbons (Fsp3) is 1.00. The molecule has 0 saturated carbocycles. The monoisotopic (exact) mass is 173 g/mol. The standard InChI is InChI=1S/C10H23NO/c1-4-7-9-12-10-11(6-3)8-5-2/h4-10H2,1-3H3. The van der Waals surface area contributed by atoms with E-state index in [1.165, 1.54) is 19.3 Å². The molecule has 0 aliphatic rings. The first-order valence-electron chi connectivity index (χ1n) is 5.15. The molecule has 0 unspecified atom stereocenters. The predicted octanol–water partition coefficient (Wildman–Crippen LogP) is 2.49. The molecule has 12 heavy (non-hydrogen) atoms. The van der Waals surface area contributed by atoms with Crippen LogP contribution in [0.5, 0.6) is 0 Å². The molecule has 0 spiro atoms. The molecule has 74 valence electrons. The van der Waals surface area contributed by atoms with E-state index in [4.69, 9.17) is 4.74 Å². The van der Waals surface area contributed by atoms with Crippen molar-refractivity contribution in [3.63, 3.8) is 0 Å². The highest BCUT2D eigenvalue weighted by molar-refractivity contribution is 4.46. The topological polar surface area (TPSA) is 12.5 Å². The summed E-state index contributed by atoms with van der Waals surface area (Å²) in [4.78, 5) is 2.33. The number of rotatable bonds is 8. The largest absolute Gasteiger partial charge is 0.366 e. The molecule has 2 nitrogen and oxygen atoms in total. The van der Waals surface area contributed by atoms with Gasteiger partial charge in [0, 0.05) is 13.2 Å². The van der Waals surface area contributed by atoms with Crippen LogP contribution in [0.1, 0.15) is 40.0 Å². The summed E-state index contributed by atoms with van der Waals surface area (Å²) in [6.07, 6.45) is 3.62. The highest BCUT2D eigenvalue weighted by Gasteiger charge is 1.98. The molecule has 0 aliphatic carbocycles. The summed E-state index contributed by atoms with van der Waals surface area (Å²) in [5, 5.41) is 0. The second-order valence-electron chi connectivity index (χ2n) is 3.10. The molecule has 0 aromatic heterocycles. The highest BCUT2D eigenvalue weighted by atomic mass is 16.5. The summed E-state index contributed by atoms with van der Waals surface area (Å²) >= 11 is 0. The first-order chi connectivity index (χ1) is 5.85. The Morgan fingerprint density at radius 1 is 1.08 bits per heavy atom. The average molecular weight is 173 g/mol. The van der Waals surface area contributed by atoms with Crippen molar-refractivity contribution in [3.05, 3.63) is 0 Å². The summed E-state index contributed by atoms with van der Waals surface area (Å²) < 4.78 is 5.51.